The molecule has 1 aromatic rings. The van der Waals surface area contributed by atoms with E-state index in [2.05, 4.69) is 10.6 Å². The Hall–Kier alpha value is -0.770. The van der Waals surface area contributed by atoms with Crippen LogP contribution in [0.5, 0.6) is 0 Å². The van der Waals surface area contributed by atoms with Gasteiger partial charge in [0, 0.05) is 16.6 Å². The maximum absolute atomic E-state index is 9.97. The van der Waals surface area contributed by atoms with Crippen LogP contribution in [0.15, 0.2) is 18.2 Å². The van der Waals surface area contributed by atoms with Gasteiger partial charge >= 0.3 is 0 Å². The quantitative estimate of drug-likeness (QED) is 0.661. The molecular formula is C13H18Cl2N2O. The van der Waals surface area contributed by atoms with E-state index in [1.165, 1.54) is 25.9 Å². The highest BCUT2D eigenvalue weighted by Crippen LogP contribution is 2.20. The van der Waals surface area contributed by atoms with Crippen LogP contribution in [-0.2, 0) is 11.2 Å². The van der Waals surface area contributed by atoms with Crippen molar-refractivity contribution in [2.24, 2.45) is 0 Å². The van der Waals surface area contributed by atoms with E-state index < -0.39 is 0 Å². The lowest BCUT2D eigenvalue weighted by Gasteiger charge is -2.03. The molecule has 1 amide bonds. The molecule has 1 aliphatic rings. The van der Waals surface area contributed by atoms with Crippen LogP contribution in [0.2, 0.25) is 10.0 Å². The van der Waals surface area contributed by atoms with E-state index in [1.54, 1.807) is 12.1 Å². The summed E-state index contributed by atoms with van der Waals surface area (Å²) in [6, 6.07) is 5.33. The Kier molecular flexibility index (Phi) is 7.81. The van der Waals surface area contributed by atoms with Crippen LogP contribution in [0, 0.1) is 0 Å². The molecule has 0 atom stereocenters. The number of rotatable bonds is 4. The molecule has 0 saturated carbocycles. The van der Waals surface area contributed by atoms with Crippen molar-refractivity contribution in [2.75, 3.05) is 19.6 Å². The number of carbonyl (C=O) groups is 1. The lowest BCUT2D eigenvalue weighted by Crippen LogP contribution is -2.14. The first-order valence-electron chi connectivity index (χ1n) is 6.05. The van der Waals surface area contributed by atoms with Crippen molar-refractivity contribution in [2.45, 2.75) is 19.3 Å². The van der Waals surface area contributed by atoms with Gasteiger partial charge in [-0.1, -0.05) is 29.3 Å². The summed E-state index contributed by atoms with van der Waals surface area (Å²) < 4.78 is 0. The van der Waals surface area contributed by atoms with E-state index in [0.29, 0.717) is 23.0 Å². The monoisotopic (exact) mass is 288 g/mol. The number of hydrogen-bond donors (Lipinski definition) is 2. The van der Waals surface area contributed by atoms with Crippen LogP contribution in [0.25, 0.3) is 0 Å². The van der Waals surface area contributed by atoms with Crippen LogP contribution >= 0.6 is 23.2 Å². The van der Waals surface area contributed by atoms with Crippen molar-refractivity contribution in [3.8, 4) is 0 Å². The first kappa shape index (κ1) is 15.3. The van der Waals surface area contributed by atoms with Gasteiger partial charge in [-0.05, 0) is 50.0 Å². The normalized spacial score (nSPS) is 13.7. The van der Waals surface area contributed by atoms with Crippen molar-refractivity contribution in [1.82, 2.24) is 10.6 Å². The topological polar surface area (TPSA) is 41.1 Å². The molecule has 0 unspecified atom stereocenters. The standard InChI is InChI=1S/C9H9Cl2NO.C4H9N/c10-8-2-1-7(9(11)5-8)3-4-12-6-13;1-2-4-5-3-1/h1-2,5-6H,3-4H2,(H,12,13);5H,1-4H2. The van der Waals surface area contributed by atoms with E-state index in [1.807, 2.05) is 6.07 Å². The molecule has 0 aromatic heterocycles. The zero-order valence-corrected chi connectivity index (χ0v) is 11.7. The van der Waals surface area contributed by atoms with E-state index in [0.717, 1.165) is 12.0 Å². The number of amides is 1. The minimum atomic E-state index is 0.588. The Morgan fingerprint density at radius 1 is 1.28 bits per heavy atom. The Morgan fingerprint density at radius 2 is 2.00 bits per heavy atom. The Morgan fingerprint density at radius 3 is 2.50 bits per heavy atom. The highest BCUT2D eigenvalue weighted by atomic mass is 35.5. The summed E-state index contributed by atoms with van der Waals surface area (Å²) >= 11 is 11.6. The zero-order chi connectivity index (χ0) is 13.2. The molecule has 0 aliphatic carbocycles. The Labute approximate surface area is 118 Å². The van der Waals surface area contributed by atoms with Crippen molar-refractivity contribution < 1.29 is 4.79 Å². The predicted octanol–water partition coefficient (Wildman–Crippen LogP) is 2.65. The molecule has 3 nitrogen and oxygen atoms in total. The number of hydrogen-bond acceptors (Lipinski definition) is 2. The molecule has 0 spiro atoms. The molecule has 18 heavy (non-hydrogen) atoms. The maximum atomic E-state index is 9.97. The highest BCUT2D eigenvalue weighted by molar-refractivity contribution is 6.35. The number of nitrogens with one attached hydrogen (secondary N) is 2. The third-order valence-corrected chi connectivity index (χ3v) is 3.18. The Balaban J connectivity index is 0.000000269. The summed E-state index contributed by atoms with van der Waals surface area (Å²) in [7, 11) is 0. The zero-order valence-electron chi connectivity index (χ0n) is 10.2. The Bertz CT molecular complexity index is 360. The van der Waals surface area contributed by atoms with Crippen LogP contribution in [0.3, 0.4) is 0 Å². The molecule has 1 aliphatic heterocycles. The second-order valence-electron chi connectivity index (χ2n) is 4.01. The number of benzene rings is 1. The summed E-state index contributed by atoms with van der Waals surface area (Å²) in [6.45, 7) is 3.09. The van der Waals surface area contributed by atoms with Crippen molar-refractivity contribution in [3.63, 3.8) is 0 Å². The maximum Gasteiger partial charge on any atom is 0.207 e. The SMILES string of the molecule is C1CCNC1.O=CNCCc1ccc(Cl)cc1Cl. The average molecular weight is 289 g/mol. The molecule has 2 rings (SSSR count). The molecule has 5 heteroatoms. The molecule has 100 valence electrons. The van der Waals surface area contributed by atoms with E-state index in [-0.39, 0.29) is 0 Å². The van der Waals surface area contributed by atoms with Gasteiger partial charge in [0.2, 0.25) is 6.41 Å². The van der Waals surface area contributed by atoms with Gasteiger partial charge in [0.25, 0.3) is 0 Å². The van der Waals surface area contributed by atoms with Gasteiger partial charge in [0.05, 0.1) is 0 Å². The van der Waals surface area contributed by atoms with Crippen LogP contribution in [0.1, 0.15) is 18.4 Å². The minimum Gasteiger partial charge on any atom is -0.358 e. The molecule has 1 heterocycles. The molecule has 1 saturated heterocycles. The average Bonchev–Trinajstić information content (AvgIpc) is 2.91. The second-order valence-corrected chi connectivity index (χ2v) is 4.86. The lowest BCUT2D eigenvalue weighted by molar-refractivity contribution is -0.109. The van der Waals surface area contributed by atoms with Crippen LogP contribution in [-0.4, -0.2) is 26.0 Å². The molecular weight excluding hydrogens is 271 g/mol. The fourth-order valence-corrected chi connectivity index (χ4v) is 2.12. The fourth-order valence-electron chi connectivity index (χ4n) is 1.62. The first-order valence-corrected chi connectivity index (χ1v) is 6.81. The fraction of sp³-hybridized carbons (Fsp3) is 0.462. The largest absolute Gasteiger partial charge is 0.358 e. The number of halogens is 2. The van der Waals surface area contributed by atoms with Crippen molar-refractivity contribution in [1.29, 1.82) is 0 Å². The third-order valence-electron chi connectivity index (χ3n) is 2.59. The van der Waals surface area contributed by atoms with Crippen molar-refractivity contribution in [3.05, 3.63) is 33.8 Å². The smallest absolute Gasteiger partial charge is 0.207 e. The van der Waals surface area contributed by atoms with Gasteiger partial charge in [-0.15, -0.1) is 0 Å². The van der Waals surface area contributed by atoms with Crippen LogP contribution < -0.4 is 10.6 Å². The van der Waals surface area contributed by atoms with E-state index >= 15 is 0 Å². The predicted molar refractivity (Wildman–Crippen MR) is 76.3 cm³/mol. The molecule has 0 radical (unpaired) electrons. The first-order chi connectivity index (χ1) is 8.74. The molecule has 0 bridgehead atoms. The summed E-state index contributed by atoms with van der Waals surface area (Å²) in [4.78, 5) is 9.97. The molecule has 2 N–H and O–H groups in total. The van der Waals surface area contributed by atoms with E-state index in [4.69, 9.17) is 23.2 Å². The summed E-state index contributed by atoms with van der Waals surface area (Å²) in [5.41, 5.74) is 0.986. The summed E-state index contributed by atoms with van der Waals surface area (Å²) in [5, 5.41) is 7.05. The number of carbonyl (C=O) groups excluding carboxylic acids is 1. The second kappa shape index (κ2) is 9.20. The minimum absolute atomic E-state index is 0.588. The van der Waals surface area contributed by atoms with Crippen molar-refractivity contribution >= 4 is 29.6 Å². The highest BCUT2D eigenvalue weighted by Gasteiger charge is 1.99. The van der Waals surface area contributed by atoms with Gasteiger partial charge in [-0.25, -0.2) is 0 Å². The van der Waals surface area contributed by atoms with Gasteiger partial charge < -0.3 is 10.6 Å². The third kappa shape index (κ3) is 6.24. The summed E-state index contributed by atoms with van der Waals surface area (Å²) in [5.74, 6) is 0. The summed E-state index contributed by atoms with van der Waals surface area (Å²) in [6.07, 6.45) is 4.17. The van der Waals surface area contributed by atoms with Gasteiger partial charge in [-0.2, -0.15) is 0 Å². The lowest BCUT2D eigenvalue weighted by atomic mass is 10.1. The molecule has 1 fully saturated rings. The van der Waals surface area contributed by atoms with Gasteiger partial charge in [-0.3, -0.25) is 4.79 Å². The van der Waals surface area contributed by atoms with Gasteiger partial charge in [0.1, 0.15) is 0 Å². The molecule has 1 aromatic carbocycles. The van der Waals surface area contributed by atoms with E-state index in [9.17, 15) is 4.79 Å². The van der Waals surface area contributed by atoms with Crippen LogP contribution in [0.4, 0.5) is 0 Å². The van der Waals surface area contributed by atoms with Gasteiger partial charge in [0.15, 0.2) is 0 Å².